The Labute approximate surface area is 149 Å². The van der Waals surface area contributed by atoms with Gasteiger partial charge in [-0.05, 0) is 17.2 Å². The second kappa shape index (κ2) is 6.86. The lowest BCUT2D eigenvalue weighted by molar-refractivity contribution is 0.0354. The third-order valence-electron chi connectivity index (χ3n) is 5.24. The zero-order chi connectivity index (χ0) is 17.3. The van der Waals surface area contributed by atoms with E-state index in [1.807, 2.05) is 30.5 Å². The van der Waals surface area contributed by atoms with Gasteiger partial charge >= 0.3 is 0 Å². The predicted molar refractivity (Wildman–Crippen MR) is 97.7 cm³/mol. The Balaban J connectivity index is 1.53. The molecule has 2 aliphatic rings. The summed E-state index contributed by atoms with van der Waals surface area (Å²) in [6.45, 7) is 3.37. The van der Waals surface area contributed by atoms with Crippen molar-refractivity contribution in [2.45, 2.75) is 25.2 Å². The summed E-state index contributed by atoms with van der Waals surface area (Å²) in [7, 11) is -2.98. The molecule has 1 aromatic carbocycles. The first-order chi connectivity index (χ1) is 12.1. The van der Waals surface area contributed by atoms with Crippen LogP contribution in [-0.4, -0.2) is 59.9 Å². The number of piperazine rings is 1. The van der Waals surface area contributed by atoms with Crippen LogP contribution < -0.4 is 0 Å². The SMILES string of the molecule is O=S1(=O)CC2C(C1)N(Cc1cccnc1)CCN2Cc1ccccc1. The number of rotatable bonds is 4. The lowest BCUT2D eigenvalue weighted by atomic mass is 10.0. The van der Waals surface area contributed by atoms with Crippen LogP contribution in [0.4, 0.5) is 0 Å². The first kappa shape index (κ1) is 16.7. The molecule has 2 atom stereocenters. The van der Waals surface area contributed by atoms with Gasteiger partial charge in [-0.25, -0.2) is 8.42 Å². The van der Waals surface area contributed by atoms with Gasteiger partial charge in [0.1, 0.15) is 0 Å². The minimum absolute atomic E-state index is 0.0719. The molecule has 1 aromatic heterocycles. The van der Waals surface area contributed by atoms with Crippen LogP contribution in [0, 0.1) is 0 Å². The Morgan fingerprint density at radius 1 is 0.880 bits per heavy atom. The molecule has 0 amide bonds. The lowest BCUT2D eigenvalue weighted by Gasteiger charge is -2.44. The van der Waals surface area contributed by atoms with E-state index in [2.05, 4.69) is 33.0 Å². The van der Waals surface area contributed by atoms with Crippen molar-refractivity contribution in [1.29, 1.82) is 0 Å². The molecule has 0 N–H and O–H groups in total. The minimum atomic E-state index is -2.98. The molecule has 25 heavy (non-hydrogen) atoms. The Morgan fingerprint density at radius 3 is 2.08 bits per heavy atom. The van der Waals surface area contributed by atoms with Gasteiger partial charge in [0.05, 0.1) is 11.5 Å². The van der Waals surface area contributed by atoms with E-state index in [-0.39, 0.29) is 23.6 Å². The second-order valence-electron chi connectivity index (χ2n) is 7.00. The van der Waals surface area contributed by atoms with Crippen LogP contribution in [0.5, 0.6) is 0 Å². The molecule has 6 heteroatoms. The molecular formula is C19H23N3O2S. The minimum Gasteiger partial charge on any atom is -0.292 e. The number of pyridine rings is 1. The average molecular weight is 357 g/mol. The second-order valence-corrected chi connectivity index (χ2v) is 9.15. The fourth-order valence-electron chi connectivity index (χ4n) is 4.03. The third-order valence-corrected chi connectivity index (χ3v) is 6.94. The van der Waals surface area contributed by atoms with Crippen LogP contribution in [0.1, 0.15) is 11.1 Å². The highest BCUT2D eigenvalue weighted by Crippen LogP contribution is 2.29. The highest BCUT2D eigenvalue weighted by atomic mass is 32.2. The first-order valence-corrected chi connectivity index (χ1v) is 10.5. The maximum atomic E-state index is 12.3. The highest BCUT2D eigenvalue weighted by molar-refractivity contribution is 7.91. The van der Waals surface area contributed by atoms with Crippen molar-refractivity contribution in [1.82, 2.24) is 14.8 Å². The van der Waals surface area contributed by atoms with Gasteiger partial charge in [-0.15, -0.1) is 0 Å². The van der Waals surface area contributed by atoms with E-state index in [1.54, 1.807) is 6.20 Å². The summed E-state index contributed by atoms with van der Waals surface area (Å²) in [5.74, 6) is 0.539. The van der Waals surface area contributed by atoms with Crippen molar-refractivity contribution in [2.75, 3.05) is 24.6 Å². The molecule has 0 saturated carbocycles. The largest absolute Gasteiger partial charge is 0.292 e. The zero-order valence-corrected chi connectivity index (χ0v) is 15.0. The normalized spacial score (nSPS) is 26.4. The van der Waals surface area contributed by atoms with Crippen molar-refractivity contribution >= 4 is 9.84 Å². The number of fused-ring (bicyclic) bond motifs is 1. The fraction of sp³-hybridized carbons (Fsp3) is 0.421. The van der Waals surface area contributed by atoms with Gasteiger partial charge in [-0.2, -0.15) is 0 Å². The smallest absolute Gasteiger partial charge is 0.153 e. The highest BCUT2D eigenvalue weighted by Gasteiger charge is 2.46. The maximum absolute atomic E-state index is 12.3. The van der Waals surface area contributed by atoms with E-state index in [9.17, 15) is 8.42 Å². The molecule has 0 aliphatic carbocycles. The summed E-state index contributed by atoms with van der Waals surface area (Å²) >= 11 is 0. The van der Waals surface area contributed by atoms with Gasteiger partial charge in [-0.1, -0.05) is 36.4 Å². The van der Waals surface area contributed by atoms with Gasteiger partial charge in [0.25, 0.3) is 0 Å². The van der Waals surface area contributed by atoms with Gasteiger partial charge in [-0.3, -0.25) is 14.8 Å². The van der Waals surface area contributed by atoms with Gasteiger partial charge in [0, 0.05) is 50.7 Å². The van der Waals surface area contributed by atoms with E-state index >= 15 is 0 Å². The molecule has 2 aromatic rings. The Bertz CT molecular complexity index is 748. The molecule has 132 valence electrons. The topological polar surface area (TPSA) is 53.5 Å². The molecule has 0 radical (unpaired) electrons. The number of aromatic nitrogens is 1. The van der Waals surface area contributed by atoms with Crippen LogP contribution >= 0.6 is 0 Å². The molecule has 2 aliphatic heterocycles. The molecule has 2 unspecified atom stereocenters. The molecule has 5 nitrogen and oxygen atoms in total. The number of hydrogen-bond acceptors (Lipinski definition) is 5. The standard InChI is InChI=1S/C19H23N3O2S/c23-25(24)14-18-19(15-25)22(13-17-7-4-8-20-11-17)10-9-21(18)12-16-5-2-1-3-6-16/h1-8,11,18-19H,9-10,12-15H2. The van der Waals surface area contributed by atoms with Gasteiger partial charge in [0.15, 0.2) is 9.84 Å². The van der Waals surface area contributed by atoms with Crippen LogP contribution in [0.25, 0.3) is 0 Å². The van der Waals surface area contributed by atoms with Crippen molar-refractivity contribution < 1.29 is 8.42 Å². The van der Waals surface area contributed by atoms with Gasteiger partial charge in [0.2, 0.25) is 0 Å². The summed E-state index contributed by atoms with van der Waals surface area (Å²) in [6, 6.07) is 14.5. The van der Waals surface area contributed by atoms with Crippen LogP contribution in [0.3, 0.4) is 0 Å². The van der Waals surface area contributed by atoms with Crippen LogP contribution in [-0.2, 0) is 22.9 Å². The predicted octanol–water partition coefficient (Wildman–Crippen LogP) is 1.56. The lowest BCUT2D eigenvalue weighted by Crippen LogP contribution is -2.58. The summed E-state index contributed by atoms with van der Waals surface area (Å²) < 4.78 is 24.7. The molecule has 3 heterocycles. The Morgan fingerprint density at radius 2 is 1.48 bits per heavy atom. The molecule has 0 bridgehead atoms. The van der Waals surface area contributed by atoms with Crippen LogP contribution in [0.2, 0.25) is 0 Å². The van der Waals surface area contributed by atoms with Crippen molar-refractivity contribution in [3.05, 3.63) is 66.0 Å². The Hall–Kier alpha value is -1.76. The van der Waals surface area contributed by atoms with E-state index in [4.69, 9.17) is 0 Å². The van der Waals surface area contributed by atoms with Crippen molar-refractivity contribution in [3.8, 4) is 0 Å². The summed E-state index contributed by atoms with van der Waals surface area (Å²) in [4.78, 5) is 8.86. The number of hydrogen-bond donors (Lipinski definition) is 0. The molecule has 2 fully saturated rings. The molecular weight excluding hydrogens is 334 g/mol. The summed E-state index contributed by atoms with van der Waals surface area (Å²) in [6.07, 6.45) is 3.64. The van der Waals surface area contributed by atoms with Gasteiger partial charge < -0.3 is 0 Å². The maximum Gasteiger partial charge on any atom is 0.153 e. The summed E-state index contributed by atoms with van der Waals surface area (Å²) in [5.41, 5.74) is 2.38. The number of benzene rings is 1. The zero-order valence-electron chi connectivity index (χ0n) is 14.2. The molecule has 0 spiro atoms. The number of nitrogens with zero attached hydrogens (tertiary/aromatic N) is 3. The Kier molecular flexibility index (Phi) is 4.58. The number of sulfone groups is 1. The van der Waals surface area contributed by atoms with Crippen molar-refractivity contribution in [2.24, 2.45) is 0 Å². The van der Waals surface area contributed by atoms with Crippen molar-refractivity contribution in [3.63, 3.8) is 0 Å². The van der Waals surface area contributed by atoms with E-state index in [0.29, 0.717) is 0 Å². The fourth-order valence-corrected chi connectivity index (χ4v) is 6.08. The first-order valence-electron chi connectivity index (χ1n) is 8.72. The quantitative estimate of drug-likeness (QED) is 0.831. The molecule has 4 rings (SSSR count). The average Bonchev–Trinajstić information content (AvgIpc) is 2.95. The van der Waals surface area contributed by atoms with E-state index in [1.165, 1.54) is 5.56 Å². The molecule has 2 saturated heterocycles. The van der Waals surface area contributed by atoms with E-state index < -0.39 is 9.84 Å². The van der Waals surface area contributed by atoms with E-state index in [0.717, 1.165) is 31.7 Å². The third kappa shape index (κ3) is 3.76. The monoisotopic (exact) mass is 357 g/mol. The van der Waals surface area contributed by atoms with Crippen LogP contribution in [0.15, 0.2) is 54.9 Å². The summed E-state index contributed by atoms with van der Waals surface area (Å²) in [5, 5.41) is 0.